The summed E-state index contributed by atoms with van der Waals surface area (Å²) in [7, 11) is -3.13. The molecule has 1 aromatic rings. The lowest BCUT2D eigenvalue weighted by Crippen LogP contribution is -2.29. The van der Waals surface area contributed by atoms with Crippen molar-refractivity contribution in [2.24, 2.45) is 5.92 Å². The molecule has 0 heterocycles. The minimum atomic E-state index is -3.13. The van der Waals surface area contributed by atoms with Crippen molar-refractivity contribution in [3.63, 3.8) is 0 Å². The Balaban J connectivity index is 2.34. The van der Waals surface area contributed by atoms with Crippen molar-refractivity contribution in [3.05, 3.63) is 35.4 Å². The summed E-state index contributed by atoms with van der Waals surface area (Å²) in [5.41, 5.74) is 2.38. The average Bonchev–Trinajstić information content (AvgIpc) is 2.41. The molecular weight excluding hydrogens is 210 g/mol. The largest absolute Gasteiger partial charge is 0.213 e. The Morgan fingerprint density at radius 1 is 1.33 bits per heavy atom. The monoisotopic (exact) mass is 225 g/mol. The molecule has 3 nitrogen and oxygen atoms in total. The van der Waals surface area contributed by atoms with E-state index in [9.17, 15) is 8.42 Å². The summed E-state index contributed by atoms with van der Waals surface area (Å²) in [6.45, 7) is 2.07. The molecule has 1 aromatic carbocycles. The minimum Gasteiger partial charge on any atom is -0.213 e. The van der Waals surface area contributed by atoms with Crippen molar-refractivity contribution in [3.8, 4) is 0 Å². The number of nitrogens with one attached hydrogen (secondary N) is 1. The number of hydrogen-bond acceptors (Lipinski definition) is 2. The van der Waals surface area contributed by atoms with E-state index in [0.29, 0.717) is 5.92 Å². The van der Waals surface area contributed by atoms with Crippen LogP contribution >= 0.6 is 0 Å². The second-order valence-corrected chi connectivity index (χ2v) is 6.03. The number of fused-ring (bicyclic) bond motifs is 1. The van der Waals surface area contributed by atoms with E-state index in [1.54, 1.807) is 0 Å². The topological polar surface area (TPSA) is 46.2 Å². The lowest BCUT2D eigenvalue weighted by atomic mass is 10.0. The molecule has 2 rings (SSSR count). The van der Waals surface area contributed by atoms with Gasteiger partial charge in [0.05, 0.1) is 6.26 Å². The third-order valence-corrected chi connectivity index (χ3v) is 3.52. The molecule has 1 aliphatic rings. The molecule has 1 aliphatic carbocycles. The molecule has 0 spiro atoms. The van der Waals surface area contributed by atoms with Crippen LogP contribution in [0.4, 0.5) is 0 Å². The van der Waals surface area contributed by atoms with Gasteiger partial charge in [-0.1, -0.05) is 31.2 Å². The summed E-state index contributed by atoms with van der Waals surface area (Å²) >= 11 is 0. The molecule has 15 heavy (non-hydrogen) atoms. The predicted molar refractivity (Wildman–Crippen MR) is 60.0 cm³/mol. The molecule has 0 saturated carbocycles. The maximum Gasteiger partial charge on any atom is 0.209 e. The third-order valence-electron chi connectivity index (χ3n) is 2.84. The summed E-state index contributed by atoms with van der Waals surface area (Å²) in [6.07, 6.45) is 2.16. The number of sulfonamides is 1. The van der Waals surface area contributed by atoms with Gasteiger partial charge >= 0.3 is 0 Å². The van der Waals surface area contributed by atoms with Crippen molar-refractivity contribution < 1.29 is 8.42 Å². The van der Waals surface area contributed by atoms with Gasteiger partial charge in [-0.25, -0.2) is 13.1 Å². The molecule has 0 aromatic heterocycles. The average molecular weight is 225 g/mol. The van der Waals surface area contributed by atoms with Crippen LogP contribution in [-0.2, 0) is 16.4 Å². The third kappa shape index (κ3) is 2.21. The first-order valence-electron chi connectivity index (χ1n) is 5.02. The van der Waals surface area contributed by atoms with Gasteiger partial charge in [0.2, 0.25) is 10.0 Å². The van der Waals surface area contributed by atoms with Gasteiger partial charge in [-0.3, -0.25) is 0 Å². The van der Waals surface area contributed by atoms with Crippen LogP contribution in [0.5, 0.6) is 0 Å². The van der Waals surface area contributed by atoms with Gasteiger partial charge in [0.15, 0.2) is 0 Å². The molecule has 0 radical (unpaired) electrons. The zero-order chi connectivity index (χ0) is 11.1. The second-order valence-electron chi connectivity index (χ2n) is 4.25. The van der Waals surface area contributed by atoms with Gasteiger partial charge in [-0.15, -0.1) is 0 Å². The van der Waals surface area contributed by atoms with E-state index >= 15 is 0 Å². The highest BCUT2D eigenvalue weighted by Gasteiger charge is 2.30. The molecule has 0 fully saturated rings. The van der Waals surface area contributed by atoms with E-state index in [-0.39, 0.29) is 6.04 Å². The van der Waals surface area contributed by atoms with E-state index in [4.69, 9.17) is 0 Å². The van der Waals surface area contributed by atoms with Crippen LogP contribution in [-0.4, -0.2) is 14.7 Å². The Morgan fingerprint density at radius 3 is 2.67 bits per heavy atom. The summed E-state index contributed by atoms with van der Waals surface area (Å²) in [5, 5.41) is 0. The highest BCUT2D eigenvalue weighted by molar-refractivity contribution is 7.88. The molecule has 82 valence electrons. The molecular formula is C11H15NO2S. The predicted octanol–water partition coefficient (Wildman–Crippen LogP) is 1.47. The van der Waals surface area contributed by atoms with Crippen molar-refractivity contribution in [2.45, 2.75) is 19.4 Å². The standard InChI is InChI=1S/C11H15NO2S/c1-8-7-9-5-3-4-6-10(9)11(8)12-15(2,13)14/h3-6,8,11-12H,7H2,1-2H3/t8-,11-/m1/s1. The normalized spacial score (nSPS) is 25.2. The Morgan fingerprint density at radius 2 is 2.00 bits per heavy atom. The molecule has 0 unspecified atom stereocenters. The maximum absolute atomic E-state index is 11.2. The van der Waals surface area contributed by atoms with E-state index in [1.165, 1.54) is 11.8 Å². The fraction of sp³-hybridized carbons (Fsp3) is 0.455. The highest BCUT2D eigenvalue weighted by Crippen LogP contribution is 2.35. The van der Waals surface area contributed by atoms with Crippen LogP contribution in [0.1, 0.15) is 24.1 Å². The number of hydrogen-bond donors (Lipinski definition) is 1. The Labute approximate surface area is 90.6 Å². The first-order valence-corrected chi connectivity index (χ1v) is 6.91. The maximum atomic E-state index is 11.2. The molecule has 0 aliphatic heterocycles. The fourth-order valence-electron chi connectivity index (χ4n) is 2.21. The van der Waals surface area contributed by atoms with Crippen LogP contribution in [0.2, 0.25) is 0 Å². The van der Waals surface area contributed by atoms with Crippen molar-refractivity contribution in [1.29, 1.82) is 0 Å². The zero-order valence-electron chi connectivity index (χ0n) is 8.90. The molecule has 0 bridgehead atoms. The Hall–Kier alpha value is -0.870. The van der Waals surface area contributed by atoms with E-state index in [0.717, 1.165) is 12.0 Å². The van der Waals surface area contributed by atoms with E-state index in [2.05, 4.69) is 17.7 Å². The van der Waals surface area contributed by atoms with Crippen LogP contribution in [0, 0.1) is 5.92 Å². The molecule has 0 amide bonds. The number of rotatable bonds is 2. The summed E-state index contributed by atoms with van der Waals surface area (Å²) < 4.78 is 25.2. The van der Waals surface area contributed by atoms with Crippen LogP contribution in [0.25, 0.3) is 0 Å². The summed E-state index contributed by atoms with van der Waals surface area (Å²) in [6, 6.07) is 7.95. The van der Waals surface area contributed by atoms with Crippen molar-refractivity contribution in [2.75, 3.05) is 6.26 Å². The molecule has 4 heteroatoms. The molecule has 0 saturated heterocycles. The van der Waals surface area contributed by atoms with Crippen molar-refractivity contribution in [1.82, 2.24) is 4.72 Å². The van der Waals surface area contributed by atoms with Gasteiger partial charge in [-0.2, -0.15) is 0 Å². The highest BCUT2D eigenvalue weighted by atomic mass is 32.2. The second kappa shape index (κ2) is 3.61. The fourth-order valence-corrected chi connectivity index (χ4v) is 3.03. The van der Waals surface area contributed by atoms with Crippen LogP contribution in [0.3, 0.4) is 0 Å². The zero-order valence-corrected chi connectivity index (χ0v) is 9.71. The Kier molecular flexibility index (Phi) is 2.56. The van der Waals surface area contributed by atoms with Crippen LogP contribution < -0.4 is 4.72 Å². The summed E-state index contributed by atoms with van der Waals surface area (Å²) in [4.78, 5) is 0. The van der Waals surface area contributed by atoms with Gasteiger partial charge in [0.1, 0.15) is 0 Å². The van der Waals surface area contributed by atoms with Crippen molar-refractivity contribution >= 4 is 10.0 Å². The van der Waals surface area contributed by atoms with Gasteiger partial charge in [0, 0.05) is 6.04 Å². The van der Waals surface area contributed by atoms with Gasteiger partial charge < -0.3 is 0 Å². The minimum absolute atomic E-state index is 0.0591. The first kappa shape index (κ1) is 10.6. The number of benzene rings is 1. The van der Waals surface area contributed by atoms with Crippen LogP contribution in [0.15, 0.2) is 24.3 Å². The van der Waals surface area contributed by atoms with Gasteiger partial charge in [-0.05, 0) is 23.5 Å². The van der Waals surface area contributed by atoms with Gasteiger partial charge in [0.25, 0.3) is 0 Å². The Bertz CT molecular complexity index is 467. The first-order chi connectivity index (χ1) is 6.97. The molecule has 1 N–H and O–H groups in total. The van der Waals surface area contributed by atoms with E-state index in [1.807, 2.05) is 18.2 Å². The summed E-state index contributed by atoms with van der Waals surface area (Å²) in [5.74, 6) is 0.331. The molecule has 2 atom stereocenters. The quantitative estimate of drug-likeness (QED) is 0.828. The smallest absolute Gasteiger partial charge is 0.209 e. The van der Waals surface area contributed by atoms with E-state index < -0.39 is 10.0 Å². The SMILES string of the molecule is C[C@@H]1Cc2ccccc2[C@@H]1NS(C)(=O)=O. The lowest BCUT2D eigenvalue weighted by Gasteiger charge is -2.16. The lowest BCUT2D eigenvalue weighted by molar-refractivity contribution is 0.467.